The molecule has 0 amide bonds. The van der Waals surface area contributed by atoms with E-state index in [2.05, 4.69) is 5.32 Å². The maximum Gasteiger partial charge on any atom is 0.330 e. The quantitative estimate of drug-likeness (QED) is 0.696. The fourth-order valence-corrected chi connectivity index (χ4v) is 2.06. The van der Waals surface area contributed by atoms with Crippen molar-refractivity contribution >= 4 is 0 Å². The van der Waals surface area contributed by atoms with Gasteiger partial charge in [-0.05, 0) is 12.3 Å². The van der Waals surface area contributed by atoms with Crippen molar-refractivity contribution in [2.24, 2.45) is 13.0 Å². The summed E-state index contributed by atoms with van der Waals surface area (Å²) in [6.45, 7) is 3.54. The summed E-state index contributed by atoms with van der Waals surface area (Å²) in [4.78, 5) is 23.3. The first-order valence-electron chi connectivity index (χ1n) is 6.23. The van der Waals surface area contributed by atoms with E-state index in [0.717, 1.165) is 26.2 Å². The summed E-state index contributed by atoms with van der Waals surface area (Å²) in [5, 5.41) is 3.26. The molecule has 0 spiro atoms. The molecule has 1 saturated heterocycles. The highest BCUT2D eigenvalue weighted by atomic mass is 16.5. The van der Waals surface area contributed by atoms with Gasteiger partial charge in [0, 0.05) is 45.6 Å². The summed E-state index contributed by atoms with van der Waals surface area (Å²) in [5.41, 5.74) is -0.516. The highest BCUT2D eigenvalue weighted by Crippen LogP contribution is 2.10. The summed E-state index contributed by atoms with van der Waals surface area (Å²) in [6.07, 6.45) is 2.57. The van der Waals surface area contributed by atoms with Crippen LogP contribution in [0.4, 0.5) is 0 Å². The van der Waals surface area contributed by atoms with Gasteiger partial charge in [0.15, 0.2) is 0 Å². The van der Waals surface area contributed by atoms with E-state index in [0.29, 0.717) is 19.0 Å². The number of hydrogen-bond donors (Lipinski definition) is 1. The van der Waals surface area contributed by atoms with Crippen LogP contribution < -0.4 is 16.6 Å². The Balaban J connectivity index is 1.84. The highest BCUT2D eigenvalue weighted by Gasteiger charge is 2.14. The molecule has 0 radical (unpaired) electrons. The number of nitrogens with one attached hydrogen (secondary N) is 1. The number of nitrogens with zero attached hydrogens (tertiary/aromatic N) is 2. The van der Waals surface area contributed by atoms with E-state index < -0.39 is 0 Å². The summed E-state index contributed by atoms with van der Waals surface area (Å²) in [6, 6.07) is 1.41. The molecule has 2 rings (SSSR count). The Kier molecular flexibility index (Phi) is 4.33. The van der Waals surface area contributed by atoms with Gasteiger partial charge < -0.3 is 14.6 Å². The van der Waals surface area contributed by atoms with E-state index in [-0.39, 0.29) is 11.2 Å². The molecule has 1 unspecified atom stereocenters. The number of ether oxygens (including phenoxy) is 1. The van der Waals surface area contributed by atoms with Gasteiger partial charge >= 0.3 is 5.69 Å². The number of aryl methyl sites for hydroxylation is 1. The molecule has 0 saturated carbocycles. The second-order valence-corrected chi connectivity index (χ2v) is 4.63. The van der Waals surface area contributed by atoms with Gasteiger partial charge in [0.25, 0.3) is 5.56 Å². The lowest BCUT2D eigenvalue weighted by Gasteiger charge is -2.10. The lowest BCUT2D eigenvalue weighted by molar-refractivity contribution is 0.185. The molecular weight excluding hydrogens is 234 g/mol. The normalized spacial score (nSPS) is 19.3. The Hall–Kier alpha value is -1.40. The second-order valence-electron chi connectivity index (χ2n) is 4.63. The highest BCUT2D eigenvalue weighted by molar-refractivity contribution is 4.85. The molecule has 1 N–H and O–H groups in total. The molecule has 1 atom stereocenters. The minimum absolute atomic E-state index is 0.246. The average Bonchev–Trinajstić information content (AvgIpc) is 2.86. The van der Waals surface area contributed by atoms with E-state index in [1.807, 2.05) is 0 Å². The molecule has 1 aromatic heterocycles. The smallest absolute Gasteiger partial charge is 0.330 e. The fourth-order valence-electron chi connectivity index (χ4n) is 2.06. The Morgan fingerprint density at radius 1 is 1.50 bits per heavy atom. The van der Waals surface area contributed by atoms with Gasteiger partial charge in [0.05, 0.1) is 6.61 Å². The monoisotopic (exact) mass is 253 g/mol. The molecule has 0 aliphatic carbocycles. The van der Waals surface area contributed by atoms with Crippen LogP contribution in [0.2, 0.25) is 0 Å². The van der Waals surface area contributed by atoms with E-state index >= 15 is 0 Å². The molecule has 6 heteroatoms. The Labute approximate surface area is 105 Å². The standard InChI is InChI=1S/C12H19N3O3/c1-14-5-2-11(16)15(12(14)17)6-4-13-8-10-3-7-18-9-10/h2,5,10,13H,3-4,6-9H2,1H3. The van der Waals surface area contributed by atoms with Gasteiger partial charge in [-0.1, -0.05) is 0 Å². The van der Waals surface area contributed by atoms with Crippen molar-refractivity contribution < 1.29 is 4.74 Å². The van der Waals surface area contributed by atoms with Crippen LogP contribution in [0, 0.1) is 5.92 Å². The van der Waals surface area contributed by atoms with Gasteiger partial charge in [0.1, 0.15) is 0 Å². The van der Waals surface area contributed by atoms with Crippen molar-refractivity contribution in [3.8, 4) is 0 Å². The van der Waals surface area contributed by atoms with Gasteiger partial charge in [-0.2, -0.15) is 0 Å². The van der Waals surface area contributed by atoms with Crippen molar-refractivity contribution in [1.82, 2.24) is 14.5 Å². The van der Waals surface area contributed by atoms with E-state index in [1.54, 1.807) is 7.05 Å². The Bertz CT molecular complexity index is 500. The number of hydrogen-bond acceptors (Lipinski definition) is 4. The van der Waals surface area contributed by atoms with E-state index in [9.17, 15) is 9.59 Å². The molecule has 2 heterocycles. The molecule has 1 aliphatic heterocycles. The van der Waals surface area contributed by atoms with Crippen LogP contribution in [-0.2, 0) is 18.3 Å². The third-order valence-electron chi connectivity index (χ3n) is 3.21. The van der Waals surface area contributed by atoms with Crippen LogP contribution in [0.1, 0.15) is 6.42 Å². The van der Waals surface area contributed by atoms with E-state index in [4.69, 9.17) is 4.74 Å². The molecule has 0 aromatic carbocycles. The largest absolute Gasteiger partial charge is 0.381 e. The molecule has 1 aromatic rings. The molecule has 6 nitrogen and oxygen atoms in total. The summed E-state index contributed by atoms with van der Waals surface area (Å²) >= 11 is 0. The maximum atomic E-state index is 11.7. The van der Waals surface area contributed by atoms with Crippen LogP contribution in [-0.4, -0.2) is 35.4 Å². The summed E-state index contributed by atoms with van der Waals surface area (Å²) in [5.74, 6) is 0.556. The van der Waals surface area contributed by atoms with Gasteiger partial charge in [-0.3, -0.25) is 9.36 Å². The van der Waals surface area contributed by atoms with E-state index in [1.165, 1.54) is 21.4 Å². The predicted octanol–water partition coefficient (Wildman–Crippen LogP) is -0.827. The van der Waals surface area contributed by atoms with Crippen molar-refractivity contribution in [3.63, 3.8) is 0 Å². The topological polar surface area (TPSA) is 65.3 Å². The van der Waals surface area contributed by atoms with Crippen molar-refractivity contribution in [2.45, 2.75) is 13.0 Å². The summed E-state index contributed by atoms with van der Waals surface area (Å²) in [7, 11) is 1.64. The van der Waals surface area contributed by atoms with Crippen LogP contribution in [0.15, 0.2) is 21.9 Å². The Morgan fingerprint density at radius 3 is 3.06 bits per heavy atom. The van der Waals surface area contributed by atoms with Crippen LogP contribution >= 0.6 is 0 Å². The first kappa shape index (κ1) is 13.0. The SMILES string of the molecule is Cn1ccc(=O)n(CCNCC2CCOC2)c1=O. The fraction of sp³-hybridized carbons (Fsp3) is 0.667. The molecular formula is C12H19N3O3. The van der Waals surface area contributed by atoms with Crippen LogP contribution in [0.5, 0.6) is 0 Å². The van der Waals surface area contributed by atoms with Crippen molar-refractivity contribution in [3.05, 3.63) is 33.1 Å². The third kappa shape index (κ3) is 3.08. The van der Waals surface area contributed by atoms with Crippen LogP contribution in [0.25, 0.3) is 0 Å². The average molecular weight is 253 g/mol. The van der Waals surface area contributed by atoms with Gasteiger partial charge in [-0.15, -0.1) is 0 Å². The molecule has 1 fully saturated rings. The first-order chi connectivity index (χ1) is 8.68. The molecule has 18 heavy (non-hydrogen) atoms. The zero-order valence-corrected chi connectivity index (χ0v) is 10.6. The second kappa shape index (κ2) is 5.97. The van der Waals surface area contributed by atoms with Crippen LogP contribution in [0.3, 0.4) is 0 Å². The maximum absolute atomic E-state index is 11.7. The number of rotatable bonds is 5. The molecule has 100 valence electrons. The lowest BCUT2D eigenvalue weighted by Crippen LogP contribution is -2.40. The predicted molar refractivity (Wildman–Crippen MR) is 67.7 cm³/mol. The Morgan fingerprint density at radius 2 is 2.33 bits per heavy atom. The first-order valence-corrected chi connectivity index (χ1v) is 6.23. The third-order valence-corrected chi connectivity index (χ3v) is 3.21. The minimum Gasteiger partial charge on any atom is -0.381 e. The lowest BCUT2D eigenvalue weighted by atomic mass is 10.1. The summed E-state index contributed by atoms with van der Waals surface area (Å²) < 4.78 is 7.93. The van der Waals surface area contributed by atoms with Crippen molar-refractivity contribution in [2.75, 3.05) is 26.3 Å². The molecule has 0 bridgehead atoms. The molecule has 1 aliphatic rings. The zero-order valence-electron chi connectivity index (χ0n) is 10.6. The minimum atomic E-state index is -0.270. The van der Waals surface area contributed by atoms with Gasteiger partial charge in [0.2, 0.25) is 0 Å². The number of aromatic nitrogens is 2. The van der Waals surface area contributed by atoms with Crippen molar-refractivity contribution in [1.29, 1.82) is 0 Å². The zero-order chi connectivity index (χ0) is 13.0. The van der Waals surface area contributed by atoms with Gasteiger partial charge in [-0.25, -0.2) is 4.79 Å².